The normalized spacial score (nSPS) is 24.1. The molecule has 1 aliphatic heterocycles. The van der Waals surface area contributed by atoms with Crippen LogP contribution in [0.3, 0.4) is 0 Å². The van der Waals surface area contributed by atoms with Crippen molar-refractivity contribution < 1.29 is 19.1 Å². The number of rotatable bonds is 6. The Balaban J connectivity index is 0.00000243. The van der Waals surface area contributed by atoms with E-state index in [1.54, 1.807) is 6.07 Å². The molecule has 1 saturated carbocycles. The lowest BCUT2D eigenvalue weighted by Gasteiger charge is -2.37. The molecule has 1 aromatic carbocycles. The smallest absolute Gasteiger partial charge is 0.343 e. The van der Waals surface area contributed by atoms with Crippen LogP contribution < -0.4 is 15.4 Å². The van der Waals surface area contributed by atoms with Gasteiger partial charge >= 0.3 is 5.97 Å². The first-order valence-corrected chi connectivity index (χ1v) is 8.91. The van der Waals surface area contributed by atoms with Crippen molar-refractivity contribution in [2.45, 2.75) is 32.2 Å². The van der Waals surface area contributed by atoms with E-state index < -0.39 is 5.97 Å². The summed E-state index contributed by atoms with van der Waals surface area (Å²) in [7, 11) is 1.33. The number of nitrogens with one attached hydrogen (secondary N) is 2. The van der Waals surface area contributed by atoms with Gasteiger partial charge < -0.3 is 20.1 Å². The highest BCUT2D eigenvalue weighted by molar-refractivity contribution is 5.85. The molecule has 6 nitrogen and oxygen atoms in total. The van der Waals surface area contributed by atoms with Crippen LogP contribution in [0, 0.1) is 11.3 Å². The number of esters is 1. The van der Waals surface area contributed by atoms with Gasteiger partial charge in [-0.25, -0.2) is 4.79 Å². The number of benzene rings is 1. The van der Waals surface area contributed by atoms with Gasteiger partial charge in [-0.2, -0.15) is 0 Å². The Kier molecular flexibility index (Phi) is 7.29. The van der Waals surface area contributed by atoms with Gasteiger partial charge in [0.05, 0.1) is 12.5 Å². The monoisotopic (exact) mass is 382 g/mol. The van der Waals surface area contributed by atoms with E-state index in [9.17, 15) is 9.59 Å². The molecule has 0 unspecified atom stereocenters. The van der Waals surface area contributed by atoms with Crippen molar-refractivity contribution in [3.8, 4) is 5.75 Å². The third kappa shape index (κ3) is 4.48. The van der Waals surface area contributed by atoms with Crippen molar-refractivity contribution in [2.75, 3.05) is 26.8 Å². The average molecular weight is 383 g/mol. The molecule has 3 rings (SSSR count). The maximum atomic E-state index is 12.9. The molecule has 2 N–H and O–H groups in total. The lowest BCUT2D eigenvalue weighted by molar-refractivity contribution is -0.143. The Hall–Kier alpha value is -1.79. The number of methoxy groups -OCH3 is 1. The van der Waals surface area contributed by atoms with Crippen LogP contribution in [-0.2, 0) is 20.9 Å². The first-order chi connectivity index (χ1) is 12.1. The van der Waals surface area contributed by atoms with Crippen molar-refractivity contribution in [2.24, 2.45) is 11.3 Å². The number of ether oxygens (including phenoxy) is 2. The van der Waals surface area contributed by atoms with Crippen molar-refractivity contribution >= 4 is 24.3 Å². The van der Waals surface area contributed by atoms with Crippen LogP contribution in [0.25, 0.3) is 0 Å². The van der Waals surface area contributed by atoms with Crippen LogP contribution in [0.5, 0.6) is 5.75 Å². The lowest BCUT2D eigenvalue weighted by Crippen LogP contribution is -2.47. The number of halogens is 1. The van der Waals surface area contributed by atoms with Crippen LogP contribution >= 0.6 is 12.4 Å². The minimum Gasteiger partial charge on any atom is -0.482 e. The summed E-state index contributed by atoms with van der Waals surface area (Å²) in [6.45, 7) is 2.07. The number of amides is 1. The molecule has 2 atom stereocenters. The second kappa shape index (κ2) is 9.24. The van der Waals surface area contributed by atoms with Gasteiger partial charge in [-0.1, -0.05) is 25.0 Å². The summed E-state index contributed by atoms with van der Waals surface area (Å²) in [5.41, 5.74) is 0.711. The Labute approximate surface area is 160 Å². The summed E-state index contributed by atoms with van der Waals surface area (Å²) in [5.74, 6) is 0.780. The van der Waals surface area contributed by atoms with Crippen LogP contribution in [0.1, 0.15) is 31.2 Å². The second-order valence-corrected chi connectivity index (χ2v) is 6.92. The summed E-state index contributed by atoms with van der Waals surface area (Å²) in [4.78, 5) is 24.0. The minimum absolute atomic E-state index is 0. The summed E-state index contributed by atoms with van der Waals surface area (Å²) in [5, 5.41) is 6.51. The Morgan fingerprint density at radius 1 is 1.35 bits per heavy atom. The molecule has 0 spiro atoms. The molecule has 7 heteroatoms. The Bertz CT molecular complexity index is 640. The number of hydrogen-bond acceptors (Lipinski definition) is 5. The zero-order valence-corrected chi connectivity index (χ0v) is 15.9. The fraction of sp³-hybridized carbons (Fsp3) is 0.579. The third-order valence-electron chi connectivity index (χ3n) is 5.43. The molecule has 1 amide bonds. The molecule has 144 valence electrons. The minimum atomic E-state index is -0.421. The number of carbonyl (C=O) groups is 2. The van der Waals surface area contributed by atoms with E-state index in [4.69, 9.17) is 4.74 Å². The van der Waals surface area contributed by atoms with E-state index in [-0.39, 0.29) is 30.3 Å². The maximum Gasteiger partial charge on any atom is 0.343 e. The molecule has 1 saturated heterocycles. The van der Waals surface area contributed by atoms with Gasteiger partial charge in [-0.05, 0) is 43.0 Å². The third-order valence-corrected chi connectivity index (χ3v) is 5.43. The standard InChI is InChI=1S/C19H26N2O4.ClH/c1-24-17(22)12-25-16-7-4-5-14(9-16)10-21-18(23)19-8-3-2-6-15(19)11-20-13-19;/h4-5,7,9,15,20H,2-3,6,8,10-13H2,1H3,(H,21,23);1H/t15-,19+;/m0./s1. The molecular weight excluding hydrogens is 356 g/mol. The molecule has 0 aromatic heterocycles. The lowest BCUT2D eigenvalue weighted by atomic mass is 9.67. The number of fused-ring (bicyclic) bond motifs is 1. The van der Waals surface area contributed by atoms with Crippen molar-refractivity contribution in [1.82, 2.24) is 10.6 Å². The van der Waals surface area contributed by atoms with Gasteiger partial charge in [0.15, 0.2) is 6.61 Å². The molecule has 0 bridgehead atoms. The fourth-order valence-electron chi connectivity index (χ4n) is 4.00. The van der Waals surface area contributed by atoms with Gasteiger partial charge in [0, 0.05) is 13.1 Å². The predicted molar refractivity (Wildman–Crippen MR) is 100 cm³/mol. The molecule has 26 heavy (non-hydrogen) atoms. The Morgan fingerprint density at radius 3 is 3.00 bits per heavy atom. The second-order valence-electron chi connectivity index (χ2n) is 6.92. The van der Waals surface area contributed by atoms with Gasteiger partial charge in [0.25, 0.3) is 0 Å². The maximum absolute atomic E-state index is 12.9. The highest BCUT2D eigenvalue weighted by Crippen LogP contribution is 2.43. The van der Waals surface area contributed by atoms with Gasteiger partial charge in [-0.3, -0.25) is 4.79 Å². The molecule has 2 aliphatic rings. The number of carbonyl (C=O) groups excluding carboxylic acids is 2. The fourth-order valence-corrected chi connectivity index (χ4v) is 4.00. The van der Waals surface area contributed by atoms with E-state index in [2.05, 4.69) is 15.4 Å². The molecule has 1 aliphatic carbocycles. The molecule has 1 aromatic rings. The van der Waals surface area contributed by atoms with Crippen LogP contribution in [0.4, 0.5) is 0 Å². The van der Waals surface area contributed by atoms with Crippen LogP contribution in [0.2, 0.25) is 0 Å². The Morgan fingerprint density at radius 2 is 2.19 bits per heavy atom. The molecule has 1 heterocycles. The number of hydrogen-bond donors (Lipinski definition) is 2. The predicted octanol–water partition coefficient (Wildman–Crippen LogP) is 2.06. The van der Waals surface area contributed by atoms with E-state index in [1.807, 2.05) is 18.2 Å². The van der Waals surface area contributed by atoms with E-state index in [1.165, 1.54) is 13.5 Å². The zero-order valence-electron chi connectivity index (χ0n) is 15.1. The van der Waals surface area contributed by atoms with E-state index >= 15 is 0 Å². The van der Waals surface area contributed by atoms with Gasteiger partial charge in [-0.15, -0.1) is 12.4 Å². The first-order valence-electron chi connectivity index (χ1n) is 8.91. The highest BCUT2D eigenvalue weighted by Gasteiger charge is 2.49. The van der Waals surface area contributed by atoms with E-state index in [0.717, 1.165) is 37.9 Å². The summed E-state index contributed by atoms with van der Waals surface area (Å²) < 4.78 is 9.95. The molecule has 2 fully saturated rings. The molecule has 0 radical (unpaired) electrons. The first kappa shape index (κ1) is 20.5. The largest absolute Gasteiger partial charge is 0.482 e. The van der Waals surface area contributed by atoms with E-state index in [0.29, 0.717) is 18.2 Å². The van der Waals surface area contributed by atoms with Crippen molar-refractivity contribution in [3.05, 3.63) is 29.8 Å². The quantitative estimate of drug-likeness (QED) is 0.736. The summed E-state index contributed by atoms with van der Waals surface area (Å²) in [6.07, 6.45) is 4.46. The van der Waals surface area contributed by atoms with Crippen LogP contribution in [-0.4, -0.2) is 38.7 Å². The highest BCUT2D eigenvalue weighted by atomic mass is 35.5. The summed E-state index contributed by atoms with van der Waals surface area (Å²) >= 11 is 0. The van der Waals surface area contributed by atoms with Crippen LogP contribution in [0.15, 0.2) is 24.3 Å². The van der Waals surface area contributed by atoms with Crippen molar-refractivity contribution in [3.63, 3.8) is 0 Å². The topological polar surface area (TPSA) is 76.7 Å². The zero-order chi connectivity index (χ0) is 17.7. The van der Waals surface area contributed by atoms with Gasteiger partial charge in [0.1, 0.15) is 5.75 Å². The van der Waals surface area contributed by atoms with Gasteiger partial charge in [0.2, 0.25) is 5.91 Å². The van der Waals surface area contributed by atoms with Crippen molar-refractivity contribution in [1.29, 1.82) is 0 Å². The summed E-state index contributed by atoms with van der Waals surface area (Å²) in [6, 6.07) is 7.41. The SMILES string of the molecule is COC(=O)COc1cccc(CNC(=O)[C@@]23CCCC[C@H]2CNC3)c1.Cl. The molecular formula is C19H27ClN2O4. The average Bonchev–Trinajstić information content (AvgIpc) is 3.09.